The number of hydrogen-bond acceptors (Lipinski definition) is 7. The number of aliphatic hydroxyl groups is 1. The van der Waals surface area contributed by atoms with Gasteiger partial charge in [0.05, 0.1) is 23.7 Å². The third-order valence-electron chi connectivity index (χ3n) is 9.93. The molecular formula is C47H46N2O6S2. The zero-order valence-electron chi connectivity index (χ0n) is 31.7. The number of aryl methyl sites for hydroxylation is 1. The highest BCUT2D eigenvalue weighted by molar-refractivity contribution is 7.99. The first kappa shape index (κ1) is 40.1. The van der Waals surface area contributed by atoms with Crippen molar-refractivity contribution in [2.45, 2.75) is 67.2 Å². The lowest BCUT2D eigenvalue weighted by Crippen LogP contribution is -2.47. The van der Waals surface area contributed by atoms with Gasteiger partial charge in [0.25, 0.3) is 0 Å². The molecule has 6 aromatic rings. The van der Waals surface area contributed by atoms with Crippen LogP contribution in [0.2, 0.25) is 0 Å². The Labute approximate surface area is 339 Å². The molecule has 6 aromatic carbocycles. The molecule has 3 N–H and O–H groups in total. The topological polar surface area (TPSA) is 114 Å². The van der Waals surface area contributed by atoms with E-state index in [1.807, 2.05) is 128 Å². The first-order chi connectivity index (χ1) is 27.7. The monoisotopic (exact) mass is 798 g/mol. The zero-order valence-corrected chi connectivity index (χ0v) is 33.3. The molecule has 0 aliphatic carbocycles. The van der Waals surface area contributed by atoms with Crippen molar-refractivity contribution in [3.8, 4) is 11.1 Å². The van der Waals surface area contributed by atoms with Crippen molar-refractivity contribution in [3.63, 3.8) is 0 Å². The Bertz CT molecular complexity index is 2320. The van der Waals surface area contributed by atoms with Gasteiger partial charge in [0, 0.05) is 29.2 Å². The second kappa shape index (κ2) is 18.9. The number of nitrogens with one attached hydrogen (secondary N) is 2. The average Bonchev–Trinajstić information content (AvgIpc) is 3.25. The van der Waals surface area contributed by atoms with Gasteiger partial charge < -0.3 is 19.9 Å². The number of carbonyl (C=O) groups is 1. The molecule has 0 spiro atoms. The predicted molar refractivity (Wildman–Crippen MR) is 225 cm³/mol. The fourth-order valence-corrected chi connectivity index (χ4v) is 8.88. The van der Waals surface area contributed by atoms with Gasteiger partial charge in [0.15, 0.2) is 6.29 Å². The first-order valence-electron chi connectivity index (χ1n) is 19.0. The summed E-state index contributed by atoms with van der Waals surface area (Å²) in [4.78, 5) is 14.9. The molecule has 0 unspecified atom stereocenters. The summed E-state index contributed by atoms with van der Waals surface area (Å²) < 4.78 is 42.5. The molecule has 1 aliphatic rings. The Morgan fingerprint density at radius 3 is 2.11 bits per heavy atom. The van der Waals surface area contributed by atoms with Crippen LogP contribution in [0.25, 0.3) is 11.1 Å². The van der Waals surface area contributed by atoms with Gasteiger partial charge in [-0.25, -0.2) is 8.42 Å². The molecule has 1 fully saturated rings. The minimum absolute atomic E-state index is 0.00805. The van der Waals surface area contributed by atoms with Crippen molar-refractivity contribution in [1.29, 1.82) is 0 Å². The molecule has 10 heteroatoms. The van der Waals surface area contributed by atoms with E-state index in [1.165, 1.54) is 4.90 Å². The van der Waals surface area contributed by atoms with Gasteiger partial charge >= 0.3 is 0 Å². The summed E-state index contributed by atoms with van der Waals surface area (Å²) in [5.41, 5.74) is 7.43. The lowest BCUT2D eigenvalue weighted by Gasteiger charge is -2.36. The SMILES string of the molecule is Cc1ccc(S(=O)(=O)N[C@H](Cc2ccccc2)C(=O)NCc2cccc(-c3ccc([C@H]4O[C@@H](CSc5ccccc5)C[C@@H](c5ccc(CO)cc5)O4)cc3)c2)cc1. The summed E-state index contributed by atoms with van der Waals surface area (Å²) >= 11 is 1.77. The Hall–Kier alpha value is -5.07. The van der Waals surface area contributed by atoms with Crippen LogP contribution >= 0.6 is 11.8 Å². The van der Waals surface area contributed by atoms with Crippen LogP contribution in [0.5, 0.6) is 0 Å². The molecule has 57 heavy (non-hydrogen) atoms. The van der Waals surface area contributed by atoms with Gasteiger partial charge in [-0.2, -0.15) is 4.72 Å². The van der Waals surface area contributed by atoms with E-state index in [2.05, 4.69) is 22.2 Å². The number of ether oxygens (including phenoxy) is 2. The van der Waals surface area contributed by atoms with Crippen LogP contribution in [-0.2, 0) is 43.9 Å². The number of benzene rings is 6. The maximum absolute atomic E-state index is 13.6. The van der Waals surface area contributed by atoms with E-state index in [-0.39, 0.29) is 36.7 Å². The Kier molecular flexibility index (Phi) is 13.3. The van der Waals surface area contributed by atoms with Gasteiger partial charge in [-0.1, -0.05) is 133 Å². The fraction of sp³-hybridized carbons (Fsp3) is 0.213. The van der Waals surface area contributed by atoms with Gasteiger partial charge in [0.1, 0.15) is 6.04 Å². The van der Waals surface area contributed by atoms with Gasteiger partial charge in [-0.15, -0.1) is 11.8 Å². The van der Waals surface area contributed by atoms with E-state index in [1.54, 1.807) is 36.0 Å². The number of carbonyl (C=O) groups excluding carboxylic acids is 1. The van der Waals surface area contributed by atoms with Crippen molar-refractivity contribution >= 4 is 27.7 Å². The molecule has 0 radical (unpaired) electrons. The largest absolute Gasteiger partial charge is 0.392 e. The fourth-order valence-electron chi connectivity index (χ4n) is 6.75. The summed E-state index contributed by atoms with van der Waals surface area (Å²) in [6.07, 6.45) is 0.123. The highest BCUT2D eigenvalue weighted by Crippen LogP contribution is 2.40. The Balaban J connectivity index is 1.03. The lowest BCUT2D eigenvalue weighted by molar-refractivity contribution is -0.245. The molecular weight excluding hydrogens is 753 g/mol. The van der Waals surface area contributed by atoms with Crippen LogP contribution in [0.1, 0.15) is 52.2 Å². The molecule has 8 nitrogen and oxygen atoms in total. The molecule has 1 aliphatic heterocycles. The summed E-state index contributed by atoms with van der Waals surface area (Å²) in [6, 6.07) is 49.2. The van der Waals surface area contributed by atoms with E-state index in [0.29, 0.717) is 6.42 Å². The summed E-state index contributed by atoms with van der Waals surface area (Å²) in [7, 11) is -3.95. The highest BCUT2D eigenvalue weighted by Gasteiger charge is 2.32. The van der Waals surface area contributed by atoms with E-state index < -0.39 is 28.3 Å². The maximum Gasteiger partial charge on any atom is 0.241 e. The quantitative estimate of drug-likeness (QED) is 0.0892. The normalized spacial score (nSPS) is 17.5. The molecule has 4 atom stereocenters. The van der Waals surface area contributed by atoms with Crippen molar-refractivity contribution in [2.24, 2.45) is 0 Å². The summed E-state index contributed by atoms with van der Waals surface area (Å²) in [6.45, 7) is 2.10. The molecule has 1 saturated heterocycles. The number of aliphatic hydroxyl groups excluding tert-OH is 1. The van der Waals surface area contributed by atoms with E-state index in [9.17, 15) is 18.3 Å². The molecule has 1 amide bonds. The van der Waals surface area contributed by atoms with E-state index in [0.717, 1.165) is 50.3 Å². The smallest absolute Gasteiger partial charge is 0.241 e. The Morgan fingerprint density at radius 2 is 1.40 bits per heavy atom. The third-order valence-corrected chi connectivity index (χ3v) is 12.6. The zero-order chi connectivity index (χ0) is 39.6. The lowest BCUT2D eigenvalue weighted by atomic mass is 9.99. The van der Waals surface area contributed by atoms with Crippen LogP contribution in [0, 0.1) is 6.92 Å². The van der Waals surface area contributed by atoms with Crippen LogP contribution in [-0.4, -0.2) is 37.3 Å². The second-order valence-corrected chi connectivity index (χ2v) is 17.0. The number of hydrogen-bond donors (Lipinski definition) is 3. The first-order valence-corrected chi connectivity index (χ1v) is 21.5. The molecule has 0 aromatic heterocycles. The van der Waals surface area contributed by atoms with E-state index >= 15 is 0 Å². The van der Waals surface area contributed by atoms with Crippen LogP contribution < -0.4 is 10.0 Å². The second-order valence-electron chi connectivity index (χ2n) is 14.2. The molecule has 7 rings (SSSR count). The van der Waals surface area contributed by atoms with Crippen LogP contribution in [0.4, 0.5) is 0 Å². The van der Waals surface area contributed by atoms with Gasteiger partial charge in [-0.3, -0.25) is 4.79 Å². The average molecular weight is 799 g/mol. The summed E-state index contributed by atoms with van der Waals surface area (Å²) in [5, 5.41) is 12.5. The van der Waals surface area contributed by atoms with Crippen molar-refractivity contribution in [2.75, 3.05) is 5.75 Å². The van der Waals surface area contributed by atoms with Crippen molar-refractivity contribution in [3.05, 3.63) is 191 Å². The Morgan fingerprint density at radius 1 is 0.737 bits per heavy atom. The molecule has 0 saturated carbocycles. The molecule has 292 valence electrons. The van der Waals surface area contributed by atoms with Crippen molar-refractivity contribution in [1.82, 2.24) is 10.0 Å². The summed E-state index contributed by atoms with van der Waals surface area (Å²) in [5.74, 6) is 0.363. The van der Waals surface area contributed by atoms with E-state index in [4.69, 9.17) is 9.47 Å². The number of amides is 1. The molecule has 1 heterocycles. The minimum Gasteiger partial charge on any atom is -0.392 e. The minimum atomic E-state index is -3.95. The number of rotatable bonds is 15. The third kappa shape index (κ3) is 10.9. The maximum atomic E-state index is 13.6. The number of thioether (sulfide) groups is 1. The van der Waals surface area contributed by atoms with Crippen molar-refractivity contribution < 1.29 is 27.8 Å². The van der Waals surface area contributed by atoms with Gasteiger partial charge in [0.2, 0.25) is 15.9 Å². The number of sulfonamides is 1. The van der Waals surface area contributed by atoms with Crippen LogP contribution in [0.15, 0.2) is 168 Å². The highest BCUT2D eigenvalue weighted by atomic mass is 32.2. The van der Waals surface area contributed by atoms with Gasteiger partial charge in [-0.05, 0) is 77.1 Å². The standard InChI is InChI=1S/C47H46N2O6S2/c1-33-15-25-43(26-16-33)57(52,53)49-44(28-34-9-4-2-5-10-34)46(51)48-30-36-11-8-12-40(27-36)37-21-23-39(24-22-37)47-54-41(32-56-42-13-6-3-7-14-42)29-45(55-47)38-19-17-35(31-50)18-20-38/h2-27,41,44-45,47,49-50H,28-32H2,1H3,(H,48,51)/t41-,44-,45+,47+/m1/s1. The van der Waals surface area contributed by atoms with Crippen LogP contribution in [0.3, 0.4) is 0 Å². The predicted octanol–water partition coefficient (Wildman–Crippen LogP) is 8.70. The molecule has 0 bridgehead atoms.